The lowest BCUT2D eigenvalue weighted by molar-refractivity contribution is -0.374. The lowest BCUT2D eigenvalue weighted by Crippen LogP contribution is -2.54. The van der Waals surface area contributed by atoms with E-state index < -0.39 is 11.7 Å². The Hall–Kier alpha value is -3.52. The molecule has 0 saturated heterocycles. The maximum atomic E-state index is 13.2. The van der Waals surface area contributed by atoms with Crippen molar-refractivity contribution >= 4 is 39.0 Å². The highest BCUT2D eigenvalue weighted by Gasteiger charge is 2.25. The van der Waals surface area contributed by atoms with Gasteiger partial charge >= 0.3 is 11.1 Å². The van der Waals surface area contributed by atoms with Gasteiger partial charge in [-0.1, -0.05) is 43.7 Å². The van der Waals surface area contributed by atoms with E-state index in [-0.39, 0.29) is 5.91 Å². The minimum absolute atomic E-state index is 0.304. The van der Waals surface area contributed by atoms with Crippen LogP contribution in [0.5, 0.6) is 0 Å². The van der Waals surface area contributed by atoms with Crippen molar-refractivity contribution < 1.29 is 19.5 Å². The Morgan fingerprint density at radius 3 is 2.41 bits per heavy atom. The summed E-state index contributed by atoms with van der Waals surface area (Å²) in [4.78, 5) is 38.7. The zero-order valence-corrected chi connectivity index (χ0v) is 20.7. The molecule has 0 aliphatic heterocycles. The van der Waals surface area contributed by atoms with Gasteiger partial charge in [-0.05, 0) is 73.9 Å². The summed E-state index contributed by atoms with van der Waals surface area (Å²) < 4.78 is 5.64. The molecular weight excluding hydrogens is 450 g/mol. The van der Waals surface area contributed by atoms with Crippen LogP contribution >= 0.6 is 11.3 Å². The van der Waals surface area contributed by atoms with E-state index in [1.165, 1.54) is 0 Å². The van der Waals surface area contributed by atoms with E-state index in [1.54, 1.807) is 29.2 Å². The summed E-state index contributed by atoms with van der Waals surface area (Å²) in [5, 5.41) is 5.66. The normalized spacial score (nSPS) is 11.1. The van der Waals surface area contributed by atoms with Gasteiger partial charge in [0.2, 0.25) is 0 Å². The number of ether oxygens (including phenoxy) is 1. The molecule has 0 aliphatic rings. The number of hydrogen-bond donors (Lipinski definition) is 2. The van der Waals surface area contributed by atoms with E-state index in [4.69, 9.17) is 4.74 Å². The number of nitroso groups, excluding NO2 is 1. The smallest absolute Gasteiger partial charge is 0.414 e. The average molecular weight is 481 g/mol. The first-order chi connectivity index (χ1) is 16.2. The quantitative estimate of drug-likeness (QED) is 0.434. The van der Waals surface area contributed by atoms with Gasteiger partial charge in [-0.3, -0.25) is 9.69 Å². The van der Waals surface area contributed by atoms with Crippen LogP contribution in [0.2, 0.25) is 0 Å². The third-order valence-corrected chi connectivity index (χ3v) is 5.83. The Labute approximate surface area is 203 Å². The van der Waals surface area contributed by atoms with E-state index in [0.717, 1.165) is 29.7 Å². The van der Waals surface area contributed by atoms with Crippen LogP contribution in [-0.4, -0.2) is 24.1 Å². The van der Waals surface area contributed by atoms with Gasteiger partial charge in [0.25, 0.3) is 5.91 Å². The lowest BCUT2D eigenvalue weighted by atomic mass is 9.98. The second-order valence-electron chi connectivity index (χ2n) is 8.80. The Morgan fingerprint density at radius 2 is 1.79 bits per heavy atom. The summed E-state index contributed by atoms with van der Waals surface area (Å²) >= 11 is 1.16. The fraction of sp³-hybridized carbons (Fsp3) is 0.308. The highest BCUT2D eigenvalue weighted by molar-refractivity contribution is 7.19. The monoisotopic (exact) mass is 480 g/mol. The molecular formula is C26H30N3O4S+. The minimum atomic E-state index is -0.623. The first-order valence-corrected chi connectivity index (χ1v) is 12.0. The Balaban J connectivity index is 2.01. The molecule has 34 heavy (non-hydrogen) atoms. The number of nitrogens with one attached hydrogen (secondary N) is 2. The predicted molar refractivity (Wildman–Crippen MR) is 137 cm³/mol. The minimum Gasteiger partial charge on any atom is -0.443 e. The molecule has 0 aliphatic carbocycles. The average Bonchev–Trinajstić information content (AvgIpc) is 3.26. The molecule has 0 unspecified atom stereocenters. The van der Waals surface area contributed by atoms with Crippen molar-refractivity contribution in [2.24, 2.45) is 0 Å². The van der Waals surface area contributed by atoms with Crippen LogP contribution in [0, 0.1) is 4.91 Å². The van der Waals surface area contributed by atoms with Crippen molar-refractivity contribution in [3.8, 4) is 11.1 Å². The fourth-order valence-electron chi connectivity index (χ4n) is 3.35. The summed E-state index contributed by atoms with van der Waals surface area (Å²) in [5.41, 5.74) is 2.04. The summed E-state index contributed by atoms with van der Waals surface area (Å²) in [6, 6.07) is 18.2. The molecule has 2 N–H and O–H groups in total. The summed E-state index contributed by atoms with van der Waals surface area (Å²) in [7, 11) is 0. The third kappa shape index (κ3) is 6.51. The third-order valence-electron chi connectivity index (χ3n) is 4.94. The number of rotatable bonds is 8. The highest BCUT2D eigenvalue weighted by Crippen LogP contribution is 2.31. The molecule has 1 aromatic heterocycles. The van der Waals surface area contributed by atoms with Crippen LogP contribution in [-0.2, 0) is 4.74 Å². The Morgan fingerprint density at radius 1 is 1.06 bits per heavy atom. The number of nitrogens with zero attached hydrogens (tertiary/aromatic N) is 1. The lowest BCUT2D eigenvalue weighted by Gasteiger charge is -2.28. The second kappa shape index (κ2) is 11.1. The maximum absolute atomic E-state index is 13.2. The zero-order valence-electron chi connectivity index (χ0n) is 19.9. The number of hydrogen-bond acceptors (Lipinski definition) is 5. The molecule has 178 valence electrons. The van der Waals surface area contributed by atoms with Crippen molar-refractivity contribution in [3.05, 3.63) is 71.1 Å². The number of benzene rings is 2. The van der Waals surface area contributed by atoms with Gasteiger partial charge in [-0.15, -0.1) is 0 Å². The van der Waals surface area contributed by atoms with Gasteiger partial charge in [0, 0.05) is 33.9 Å². The summed E-state index contributed by atoms with van der Waals surface area (Å²) in [5.74, 6) is -0.304. The van der Waals surface area contributed by atoms with Crippen LogP contribution in [0.4, 0.5) is 20.5 Å². The predicted octanol–water partition coefficient (Wildman–Crippen LogP) is 5.69. The molecule has 7 nitrogen and oxygen atoms in total. The number of unbranched alkanes of at least 4 members (excludes halogenated alkanes) is 1. The van der Waals surface area contributed by atoms with Gasteiger partial charge in [0.15, 0.2) is 0 Å². The topological polar surface area (TPSA) is 89.7 Å². The van der Waals surface area contributed by atoms with E-state index >= 15 is 0 Å². The van der Waals surface area contributed by atoms with E-state index in [1.807, 2.05) is 62.3 Å². The number of carbonyl (C=O) groups excluding carboxylic acids is 2. The van der Waals surface area contributed by atoms with Crippen molar-refractivity contribution in [1.82, 2.24) is 0 Å². The zero-order chi connectivity index (χ0) is 24.7. The fourth-order valence-corrected chi connectivity index (χ4v) is 4.05. The number of carbonyl (C=O) groups is 2. The first kappa shape index (κ1) is 25.1. The van der Waals surface area contributed by atoms with Crippen LogP contribution in [0.15, 0.2) is 60.7 Å². The SMILES string of the molecule is CCCCN(C(=O)OC(C)(C)C)c1ccc(C(=O)Nc2ccc([NH+]=O)s2)c(-c2ccccc2)c1. The van der Waals surface area contributed by atoms with Gasteiger partial charge in [-0.2, -0.15) is 0 Å². The molecule has 0 saturated carbocycles. The second-order valence-corrected chi connectivity index (χ2v) is 9.89. The Bertz CT molecular complexity index is 1150. The molecule has 8 heteroatoms. The molecule has 1 heterocycles. The highest BCUT2D eigenvalue weighted by atomic mass is 32.1. The molecule has 2 amide bonds. The van der Waals surface area contributed by atoms with Gasteiger partial charge in [0.05, 0.1) is 0 Å². The van der Waals surface area contributed by atoms with Crippen molar-refractivity contribution in [1.29, 1.82) is 0 Å². The van der Waals surface area contributed by atoms with Gasteiger partial charge < -0.3 is 10.1 Å². The van der Waals surface area contributed by atoms with Crippen molar-refractivity contribution in [2.75, 3.05) is 16.8 Å². The van der Waals surface area contributed by atoms with Gasteiger partial charge in [0.1, 0.15) is 10.6 Å². The van der Waals surface area contributed by atoms with Crippen molar-refractivity contribution in [2.45, 2.75) is 46.1 Å². The van der Waals surface area contributed by atoms with Crippen LogP contribution in [0.25, 0.3) is 11.1 Å². The van der Waals surface area contributed by atoms with Crippen molar-refractivity contribution in [3.63, 3.8) is 0 Å². The van der Waals surface area contributed by atoms with E-state index in [2.05, 4.69) is 12.2 Å². The molecule has 0 atom stereocenters. The van der Waals surface area contributed by atoms with Crippen LogP contribution < -0.4 is 15.4 Å². The van der Waals surface area contributed by atoms with E-state index in [9.17, 15) is 14.5 Å². The Kier molecular flexibility index (Phi) is 8.17. The standard InChI is InChI=1S/C26H29N3O4S/c1-5-6-16-29(25(31)33-26(2,3)4)19-12-13-20(21(17-19)18-10-8-7-9-11-18)24(30)27-22-14-15-23(28-32)34-22/h7-15,17H,5-6,16H2,1-4H3,(H,27,30)/p+1. The van der Waals surface area contributed by atoms with E-state index in [0.29, 0.717) is 33.4 Å². The van der Waals surface area contributed by atoms with Gasteiger partial charge in [-0.25, -0.2) is 4.79 Å². The van der Waals surface area contributed by atoms with Crippen LogP contribution in [0.3, 0.4) is 0 Å². The summed E-state index contributed by atoms with van der Waals surface area (Å²) in [6.07, 6.45) is 1.32. The first-order valence-electron chi connectivity index (χ1n) is 11.2. The maximum Gasteiger partial charge on any atom is 0.414 e. The summed E-state index contributed by atoms with van der Waals surface area (Å²) in [6.45, 7) is 8.08. The number of amides is 2. The molecule has 0 radical (unpaired) electrons. The molecule has 3 aromatic rings. The molecule has 0 fully saturated rings. The van der Waals surface area contributed by atoms with Crippen LogP contribution in [0.1, 0.15) is 50.9 Å². The molecule has 3 rings (SSSR count). The number of anilines is 2. The number of thiophene rings is 1. The largest absolute Gasteiger partial charge is 0.443 e. The molecule has 0 bridgehead atoms. The molecule has 2 aromatic carbocycles. The molecule has 0 spiro atoms.